The van der Waals surface area contributed by atoms with Crippen LogP contribution in [0.15, 0.2) is 43.0 Å². The predicted molar refractivity (Wildman–Crippen MR) is 211 cm³/mol. The molecular weight excluding hydrogens is 751 g/mol. The molecule has 3 heterocycles. The van der Waals surface area contributed by atoms with Crippen LogP contribution < -0.4 is 24.8 Å². The largest absolute Gasteiger partial charge is 0.497 e. The van der Waals surface area contributed by atoms with Gasteiger partial charge in [0.1, 0.15) is 35.6 Å². The number of benzene rings is 1. The van der Waals surface area contributed by atoms with E-state index < -0.39 is 68.7 Å². The first-order chi connectivity index (χ1) is 27.5. The molecule has 1 aromatic carbocycles. The SMILES string of the molecule is C=C[C@@H]1C[C@]1(NC(=O)[C@@H]1C[C@@H]2CN1C(=O)[C@H](C1CCCC1)NC(=O)O[C@H]1CCC[C@@H]1CCCC=Cc1cc3ccc(OC)cc3nc1O2)C(=O)NS(=O)(=O)C1CC1. The zero-order valence-electron chi connectivity index (χ0n) is 32.5. The molecule has 7 atom stereocenters. The van der Waals surface area contributed by atoms with Gasteiger partial charge in [-0.1, -0.05) is 31.1 Å². The molecule has 0 unspecified atom stereocenters. The zero-order valence-corrected chi connectivity index (χ0v) is 33.3. The summed E-state index contributed by atoms with van der Waals surface area (Å²) in [5, 5.41) is 6.06. The number of aromatic nitrogens is 1. The van der Waals surface area contributed by atoms with E-state index in [0.29, 0.717) is 30.0 Å². The molecule has 2 aromatic rings. The van der Waals surface area contributed by atoms with Crippen molar-refractivity contribution in [3.63, 3.8) is 0 Å². The van der Waals surface area contributed by atoms with E-state index in [2.05, 4.69) is 28.0 Å². The Morgan fingerprint density at radius 1 is 1.02 bits per heavy atom. The number of ether oxygens (including phenoxy) is 3. The van der Waals surface area contributed by atoms with Gasteiger partial charge in [0, 0.05) is 29.4 Å². The summed E-state index contributed by atoms with van der Waals surface area (Å²) in [6.07, 6.45) is 13.8. The number of carbonyl (C=O) groups is 4. The van der Waals surface area contributed by atoms with E-state index in [4.69, 9.17) is 19.2 Å². The van der Waals surface area contributed by atoms with Gasteiger partial charge in [-0.05, 0) is 101 Å². The lowest BCUT2D eigenvalue weighted by Crippen LogP contribution is -2.59. The van der Waals surface area contributed by atoms with Crippen molar-refractivity contribution in [3.05, 3.63) is 48.6 Å². The molecular formula is C42H53N5O9S. The molecule has 14 nitrogen and oxygen atoms in total. The number of nitrogens with zero attached hydrogens (tertiary/aromatic N) is 2. The van der Waals surface area contributed by atoms with Crippen LogP contribution in [-0.4, -0.2) is 90.9 Å². The highest BCUT2D eigenvalue weighted by molar-refractivity contribution is 7.91. The Bertz CT molecular complexity index is 2060. The Kier molecular flexibility index (Phi) is 11.0. The van der Waals surface area contributed by atoms with Gasteiger partial charge in [0.05, 0.1) is 24.4 Å². The Hall–Kier alpha value is -4.66. The Balaban J connectivity index is 1.14. The average molecular weight is 804 g/mol. The van der Waals surface area contributed by atoms with Crippen molar-refractivity contribution in [3.8, 4) is 11.6 Å². The number of carbonyl (C=O) groups excluding carboxylic acids is 4. The monoisotopic (exact) mass is 803 g/mol. The molecule has 4 saturated carbocycles. The lowest BCUT2D eigenvalue weighted by atomic mass is 9.96. The Labute approximate surface area is 333 Å². The maximum atomic E-state index is 14.9. The minimum atomic E-state index is -3.90. The van der Waals surface area contributed by atoms with Crippen molar-refractivity contribution < 1.29 is 41.8 Å². The summed E-state index contributed by atoms with van der Waals surface area (Å²) < 4.78 is 46.0. The maximum absolute atomic E-state index is 14.9. The summed E-state index contributed by atoms with van der Waals surface area (Å²) in [4.78, 5) is 63.0. The first kappa shape index (κ1) is 39.2. The molecule has 2 bridgehead atoms. The van der Waals surface area contributed by atoms with Crippen molar-refractivity contribution in [1.29, 1.82) is 0 Å². The molecule has 1 aromatic heterocycles. The van der Waals surface area contributed by atoms with Crippen LogP contribution in [0, 0.1) is 17.8 Å². The van der Waals surface area contributed by atoms with Crippen LogP contribution in [0.4, 0.5) is 4.79 Å². The van der Waals surface area contributed by atoms with Crippen molar-refractivity contribution in [2.24, 2.45) is 17.8 Å². The molecule has 3 N–H and O–H groups in total. The number of fused-ring (bicyclic) bond motifs is 5. The lowest BCUT2D eigenvalue weighted by Gasteiger charge is -2.32. The topological polar surface area (TPSA) is 182 Å². The molecule has 4 amide bonds. The fourth-order valence-corrected chi connectivity index (χ4v) is 10.7. The van der Waals surface area contributed by atoms with Gasteiger partial charge in [-0.2, -0.15) is 0 Å². The van der Waals surface area contributed by atoms with Crippen molar-refractivity contribution >= 4 is 50.8 Å². The predicted octanol–water partition coefficient (Wildman–Crippen LogP) is 4.91. The van der Waals surface area contributed by atoms with E-state index in [1.165, 1.54) is 11.0 Å². The van der Waals surface area contributed by atoms with Crippen LogP contribution in [0.3, 0.4) is 0 Å². The molecule has 15 heteroatoms. The van der Waals surface area contributed by atoms with Gasteiger partial charge in [0.15, 0.2) is 0 Å². The highest BCUT2D eigenvalue weighted by Gasteiger charge is 2.62. The minimum Gasteiger partial charge on any atom is -0.497 e. The smallest absolute Gasteiger partial charge is 0.408 e. The van der Waals surface area contributed by atoms with E-state index in [0.717, 1.165) is 75.2 Å². The molecule has 4 aliphatic carbocycles. The quantitative estimate of drug-likeness (QED) is 0.310. The first-order valence-electron chi connectivity index (χ1n) is 20.6. The zero-order chi connectivity index (χ0) is 39.9. The van der Waals surface area contributed by atoms with Gasteiger partial charge in [-0.25, -0.2) is 18.2 Å². The van der Waals surface area contributed by atoms with Crippen molar-refractivity contribution in [1.82, 2.24) is 25.2 Å². The fraction of sp³-hybridized carbons (Fsp3) is 0.595. The van der Waals surface area contributed by atoms with Crippen LogP contribution in [0.1, 0.15) is 95.5 Å². The third kappa shape index (κ3) is 8.22. The summed E-state index contributed by atoms with van der Waals surface area (Å²) in [7, 11) is -2.31. The number of sulfonamides is 1. The van der Waals surface area contributed by atoms with Crippen LogP contribution in [0.5, 0.6) is 11.6 Å². The molecule has 306 valence electrons. The van der Waals surface area contributed by atoms with Crippen LogP contribution in [0.2, 0.25) is 0 Å². The average Bonchev–Trinajstić information content (AvgIpc) is 3.98. The molecule has 6 aliphatic rings. The minimum absolute atomic E-state index is 0.00267. The van der Waals surface area contributed by atoms with Crippen molar-refractivity contribution in [2.75, 3.05) is 13.7 Å². The third-order valence-corrected chi connectivity index (χ3v) is 14.7. The number of rotatable bonds is 8. The standard InChI is InChI=1S/C42H53N5O9S/c1-3-29-23-42(29,40(50)46-57(52,53)32-18-19-32)45-37(48)34-22-31-24-47(34)39(49)36(26-11-7-8-12-26)44-41(51)56-35-15-9-14-25(35)10-5-4-6-13-28-20-27-16-17-30(54-2)21-33(27)43-38(28)55-31/h3,6,13,16-17,20-21,25-26,29,31-32,34-36H,1,4-5,7-12,14-15,18-19,22-24H2,2H3,(H,44,51)(H,45,48)(H,46,50)/t25-,29+,31+,34-,35-,36-,42+/m0/s1. The van der Waals surface area contributed by atoms with Gasteiger partial charge in [0.25, 0.3) is 5.91 Å². The summed E-state index contributed by atoms with van der Waals surface area (Å²) in [6.45, 7) is 3.82. The van der Waals surface area contributed by atoms with E-state index in [-0.39, 0.29) is 37.3 Å². The number of pyridine rings is 1. The third-order valence-electron chi connectivity index (χ3n) is 12.9. The second-order valence-electron chi connectivity index (χ2n) is 16.7. The Morgan fingerprint density at radius 2 is 1.79 bits per heavy atom. The summed E-state index contributed by atoms with van der Waals surface area (Å²) in [5.41, 5.74) is -0.141. The molecule has 1 saturated heterocycles. The number of nitrogens with one attached hydrogen (secondary N) is 3. The summed E-state index contributed by atoms with van der Waals surface area (Å²) in [6, 6.07) is 5.58. The number of hydrogen-bond donors (Lipinski definition) is 3. The highest BCUT2D eigenvalue weighted by atomic mass is 32.2. The normalized spacial score (nSPS) is 30.9. The van der Waals surface area contributed by atoms with Gasteiger partial charge in [-0.15, -0.1) is 6.58 Å². The van der Waals surface area contributed by atoms with Crippen LogP contribution in [0.25, 0.3) is 17.0 Å². The van der Waals surface area contributed by atoms with Crippen molar-refractivity contribution in [2.45, 2.75) is 125 Å². The second-order valence-corrected chi connectivity index (χ2v) is 18.7. The maximum Gasteiger partial charge on any atom is 0.408 e. The second kappa shape index (κ2) is 15.9. The van der Waals surface area contributed by atoms with Crippen LogP contribution >= 0.6 is 0 Å². The van der Waals surface area contributed by atoms with Crippen LogP contribution in [-0.2, 0) is 29.1 Å². The first-order valence-corrected chi connectivity index (χ1v) is 22.1. The lowest BCUT2D eigenvalue weighted by molar-refractivity contribution is -0.142. The van der Waals surface area contributed by atoms with Gasteiger partial charge >= 0.3 is 6.09 Å². The van der Waals surface area contributed by atoms with E-state index >= 15 is 0 Å². The van der Waals surface area contributed by atoms with E-state index in [1.807, 2.05) is 30.3 Å². The molecule has 8 rings (SSSR count). The Morgan fingerprint density at radius 3 is 2.53 bits per heavy atom. The van der Waals surface area contributed by atoms with Gasteiger partial charge in [0.2, 0.25) is 27.7 Å². The number of allylic oxidation sites excluding steroid dienone is 1. The van der Waals surface area contributed by atoms with E-state index in [1.54, 1.807) is 7.11 Å². The number of alkyl carbamates (subject to hydrolysis) is 1. The van der Waals surface area contributed by atoms with Gasteiger partial charge < -0.3 is 29.7 Å². The molecule has 57 heavy (non-hydrogen) atoms. The molecule has 5 fully saturated rings. The number of amides is 4. The highest BCUT2D eigenvalue weighted by Crippen LogP contribution is 2.46. The van der Waals surface area contributed by atoms with Gasteiger partial charge in [-0.3, -0.25) is 19.1 Å². The van der Waals surface area contributed by atoms with E-state index in [9.17, 15) is 27.6 Å². The number of methoxy groups -OCH3 is 1. The summed E-state index contributed by atoms with van der Waals surface area (Å²) >= 11 is 0. The molecule has 0 spiro atoms. The molecule has 2 aliphatic heterocycles. The molecule has 0 radical (unpaired) electrons. The summed E-state index contributed by atoms with van der Waals surface area (Å²) in [5.74, 6) is -1.35. The number of hydrogen-bond acceptors (Lipinski definition) is 10. The fourth-order valence-electron chi connectivity index (χ4n) is 9.38.